The molecular formula is C15H23NO. The van der Waals surface area contributed by atoms with E-state index in [-0.39, 0.29) is 6.61 Å². The normalized spacial score (nSPS) is 12.2. The number of aliphatic hydroxyl groups is 1. The molecule has 0 aliphatic rings. The van der Waals surface area contributed by atoms with Crippen LogP contribution < -0.4 is 0 Å². The first-order valence-electron chi connectivity index (χ1n) is 6.07. The second kappa shape index (κ2) is 9.86. The summed E-state index contributed by atoms with van der Waals surface area (Å²) in [5.41, 5.74) is 3.54. The minimum Gasteiger partial charge on any atom is -0.392 e. The fourth-order valence-electron chi connectivity index (χ4n) is 1.48. The van der Waals surface area contributed by atoms with Crippen LogP contribution in [0.25, 0.3) is 0 Å². The molecule has 0 aromatic rings. The molecule has 0 saturated carbocycles. The van der Waals surface area contributed by atoms with Gasteiger partial charge in [-0.1, -0.05) is 23.3 Å². The number of aliphatic hydroxyl groups excluding tert-OH is 1. The van der Waals surface area contributed by atoms with Crippen molar-refractivity contribution in [3.8, 4) is 6.07 Å². The fourth-order valence-corrected chi connectivity index (χ4v) is 1.48. The molecule has 2 heteroatoms. The number of rotatable bonds is 7. The van der Waals surface area contributed by atoms with Gasteiger partial charge in [-0.05, 0) is 52.0 Å². The zero-order chi connectivity index (χ0) is 13.1. The summed E-state index contributed by atoms with van der Waals surface area (Å²) in [7, 11) is 0. The molecule has 0 amide bonds. The predicted octanol–water partition coefficient (Wildman–Crippen LogP) is 3.90. The van der Waals surface area contributed by atoms with E-state index in [1.54, 1.807) is 0 Å². The quantitative estimate of drug-likeness (QED) is 0.535. The van der Waals surface area contributed by atoms with Gasteiger partial charge in [-0.3, -0.25) is 0 Å². The summed E-state index contributed by atoms with van der Waals surface area (Å²) < 4.78 is 0. The Bertz CT molecular complexity index is 338. The third-order valence-electron chi connectivity index (χ3n) is 2.52. The lowest BCUT2D eigenvalue weighted by molar-refractivity contribution is 0.327. The van der Waals surface area contributed by atoms with Crippen LogP contribution in [0.2, 0.25) is 0 Å². The van der Waals surface area contributed by atoms with Crippen LogP contribution in [0.1, 0.15) is 46.5 Å². The first-order valence-corrected chi connectivity index (χ1v) is 6.07. The molecule has 0 saturated heterocycles. The van der Waals surface area contributed by atoms with Gasteiger partial charge in [0.05, 0.1) is 12.7 Å². The molecule has 0 fully saturated rings. The third kappa shape index (κ3) is 9.59. The fraction of sp³-hybridized carbons (Fsp3) is 0.533. The second-order valence-corrected chi connectivity index (χ2v) is 4.50. The molecule has 1 N–H and O–H groups in total. The maximum atomic E-state index is 8.98. The SMILES string of the molecule is CC(C)=CCC/C(C)=C/CC/C(=C\C#N)CO. The van der Waals surface area contributed by atoms with Crippen LogP contribution in [0.15, 0.2) is 34.9 Å². The summed E-state index contributed by atoms with van der Waals surface area (Å²) in [6.07, 6.45) is 9.71. The summed E-state index contributed by atoms with van der Waals surface area (Å²) in [5.74, 6) is 0. The zero-order valence-electron chi connectivity index (χ0n) is 11.2. The van der Waals surface area contributed by atoms with Crippen LogP contribution in [0.5, 0.6) is 0 Å². The van der Waals surface area contributed by atoms with Crippen molar-refractivity contribution in [2.45, 2.75) is 46.5 Å². The first kappa shape index (κ1) is 15.7. The Morgan fingerprint density at radius 1 is 1.12 bits per heavy atom. The van der Waals surface area contributed by atoms with Gasteiger partial charge in [-0.2, -0.15) is 5.26 Å². The Hall–Kier alpha value is -1.33. The Labute approximate surface area is 105 Å². The van der Waals surface area contributed by atoms with E-state index in [0.717, 1.165) is 31.3 Å². The second-order valence-electron chi connectivity index (χ2n) is 4.50. The van der Waals surface area contributed by atoms with E-state index < -0.39 is 0 Å². The lowest BCUT2D eigenvalue weighted by Gasteiger charge is -2.01. The standard InChI is InChI=1S/C15H23NO/c1-13(2)6-4-7-14(3)8-5-9-15(12-17)10-11-16/h6,8,10,17H,4-5,7,9,12H2,1-3H3/b14-8+,15-10+. The molecule has 17 heavy (non-hydrogen) atoms. The van der Waals surface area contributed by atoms with Crippen LogP contribution in [0.4, 0.5) is 0 Å². The maximum absolute atomic E-state index is 8.98. The van der Waals surface area contributed by atoms with Crippen molar-refractivity contribution in [2.24, 2.45) is 0 Å². The van der Waals surface area contributed by atoms with Gasteiger partial charge >= 0.3 is 0 Å². The molecule has 0 aliphatic carbocycles. The van der Waals surface area contributed by atoms with Gasteiger partial charge in [0.2, 0.25) is 0 Å². The van der Waals surface area contributed by atoms with Gasteiger partial charge in [-0.25, -0.2) is 0 Å². The molecule has 2 nitrogen and oxygen atoms in total. The van der Waals surface area contributed by atoms with Crippen LogP contribution in [-0.4, -0.2) is 11.7 Å². The molecule has 0 aromatic heterocycles. The highest BCUT2D eigenvalue weighted by Gasteiger charge is 1.94. The van der Waals surface area contributed by atoms with Crippen molar-refractivity contribution in [3.05, 3.63) is 34.9 Å². The maximum Gasteiger partial charge on any atom is 0.0912 e. The molecule has 0 spiro atoms. The average molecular weight is 233 g/mol. The van der Waals surface area contributed by atoms with Crippen LogP contribution in [0.3, 0.4) is 0 Å². The van der Waals surface area contributed by atoms with Crippen LogP contribution >= 0.6 is 0 Å². The summed E-state index contributed by atoms with van der Waals surface area (Å²) >= 11 is 0. The lowest BCUT2D eigenvalue weighted by atomic mass is 10.1. The highest BCUT2D eigenvalue weighted by molar-refractivity contribution is 5.14. The number of hydrogen-bond acceptors (Lipinski definition) is 2. The monoisotopic (exact) mass is 233 g/mol. The van der Waals surface area contributed by atoms with Gasteiger partial charge in [0.15, 0.2) is 0 Å². The molecular weight excluding hydrogens is 210 g/mol. The number of nitrogens with zero attached hydrogens (tertiary/aromatic N) is 1. The van der Waals surface area contributed by atoms with Crippen molar-refractivity contribution in [3.63, 3.8) is 0 Å². The van der Waals surface area contributed by atoms with Crippen molar-refractivity contribution >= 4 is 0 Å². The van der Waals surface area contributed by atoms with Crippen molar-refractivity contribution in [1.29, 1.82) is 5.26 Å². The first-order chi connectivity index (χ1) is 8.10. The number of allylic oxidation sites excluding steroid dienone is 5. The van der Waals surface area contributed by atoms with E-state index in [9.17, 15) is 0 Å². The average Bonchev–Trinajstić information content (AvgIpc) is 2.27. The molecule has 0 rings (SSSR count). The highest BCUT2D eigenvalue weighted by atomic mass is 16.3. The summed E-state index contributed by atoms with van der Waals surface area (Å²) in [6.45, 7) is 6.34. The predicted molar refractivity (Wildman–Crippen MR) is 72.4 cm³/mol. The van der Waals surface area contributed by atoms with E-state index >= 15 is 0 Å². The number of hydrogen-bond donors (Lipinski definition) is 1. The van der Waals surface area contributed by atoms with E-state index in [4.69, 9.17) is 10.4 Å². The smallest absolute Gasteiger partial charge is 0.0912 e. The zero-order valence-corrected chi connectivity index (χ0v) is 11.2. The Morgan fingerprint density at radius 2 is 1.76 bits per heavy atom. The minimum atomic E-state index is -0.0157. The Balaban J connectivity index is 3.96. The van der Waals surface area contributed by atoms with Gasteiger partial charge in [0.1, 0.15) is 0 Å². The third-order valence-corrected chi connectivity index (χ3v) is 2.52. The Kier molecular flexibility index (Phi) is 9.09. The summed E-state index contributed by atoms with van der Waals surface area (Å²) in [4.78, 5) is 0. The highest BCUT2D eigenvalue weighted by Crippen LogP contribution is 2.11. The lowest BCUT2D eigenvalue weighted by Crippen LogP contribution is -1.89. The van der Waals surface area contributed by atoms with Gasteiger partial charge in [0.25, 0.3) is 0 Å². The Morgan fingerprint density at radius 3 is 2.29 bits per heavy atom. The molecule has 94 valence electrons. The topological polar surface area (TPSA) is 44.0 Å². The largest absolute Gasteiger partial charge is 0.392 e. The van der Waals surface area contributed by atoms with Gasteiger partial charge in [-0.15, -0.1) is 0 Å². The summed E-state index contributed by atoms with van der Waals surface area (Å²) in [6, 6.07) is 1.95. The molecule has 0 aliphatic heterocycles. The molecule has 0 unspecified atom stereocenters. The van der Waals surface area contributed by atoms with Crippen molar-refractivity contribution < 1.29 is 5.11 Å². The van der Waals surface area contributed by atoms with E-state index in [1.165, 1.54) is 17.2 Å². The van der Waals surface area contributed by atoms with Crippen LogP contribution in [-0.2, 0) is 0 Å². The summed E-state index contributed by atoms with van der Waals surface area (Å²) in [5, 5.41) is 17.5. The molecule has 0 radical (unpaired) electrons. The molecule has 0 aromatic carbocycles. The molecule has 0 bridgehead atoms. The minimum absolute atomic E-state index is 0.0157. The molecule has 0 atom stereocenters. The van der Waals surface area contributed by atoms with E-state index in [1.807, 2.05) is 6.07 Å². The van der Waals surface area contributed by atoms with Crippen LogP contribution in [0, 0.1) is 11.3 Å². The molecule has 0 heterocycles. The van der Waals surface area contributed by atoms with Crippen molar-refractivity contribution in [2.75, 3.05) is 6.61 Å². The van der Waals surface area contributed by atoms with E-state index in [2.05, 4.69) is 32.9 Å². The van der Waals surface area contributed by atoms with Gasteiger partial charge < -0.3 is 5.11 Å². The number of nitriles is 1. The van der Waals surface area contributed by atoms with E-state index in [0.29, 0.717) is 0 Å². The van der Waals surface area contributed by atoms with Gasteiger partial charge in [0, 0.05) is 6.08 Å². The van der Waals surface area contributed by atoms with Crippen molar-refractivity contribution in [1.82, 2.24) is 0 Å².